The number of hydrogen-bond donors (Lipinski definition) is 0. The SMILES string of the molecule is CCOC(=O)C1CCN(S(=O)(=O)c2ccc3cc(OC)ccc3c2)CC1. The Balaban J connectivity index is 1.78. The smallest absolute Gasteiger partial charge is 0.309 e. The molecule has 1 aliphatic heterocycles. The average molecular weight is 377 g/mol. The van der Waals surface area contributed by atoms with Gasteiger partial charge in [-0.05, 0) is 54.8 Å². The molecular formula is C19H23NO5S. The van der Waals surface area contributed by atoms with Crippen LogP contribution in [0.5, 0.6) is 5.75 Å². The van der Waals surface area contributed by atoms with Crippen molar-refractivity contribution in [3.8, 4) is 5.75 Å². The first kappa shape index (κ1) is 18.7. The molecule has 0 unspecified atom stereocenters. The summed E-state index contributed by atoms with van der Waals surface area (Å²) in [5.41, 5.74) is 0. The number of fused-ring (bicyclic) bond motifs is 1. The molecule has 0 amide bonds. The maximum atomic E-state index is 12.9. The molecule has 7 heteroatoms. The van der Waals surface area contributed by atoms with Crippen LogP contribution in [0.2, 0.25) is 0 Å². The molecule has 2 aromatic carbocycles. The molecule has 1 heterocycles. The van der Waals surface area contributed by atoms with E-state index < -0.39 is 10.0 Å². The fourth-order valence-electron chi connectivity index (χ4n) is 3.23. The lowest BCUT2D eigenvalue weighted by Crippen LogP contribution is -2.40. The van der Waals surface area contributed by atoms with Gasteiger partial charge in [0.05, 0.1) is 24.5 Å². The summed E-state index contributed by atoms with van der Waals surface area (Å²) in [6.45, 7) is 2.77. The number of sulfonamides is 1. The second-order valence-electron chi connectivity index (χ2n) is 6.31. The normalized spacial score (nSPS) is 16.5. The van der Waals surface area contributed by atoms with E-state index in [1.54, 1.807) is 32.2 Å². The fourth-order valence-corrected chi connectivity index (χ4v) is 4.74. The average Bonchev–Trinajstić information content (AvgIpc) is 2.67. The Morgan fingerprint density at radius 3 is 2.42 bits per heavy atom. The molecule has 2 aromatic rings. The van der Waals surface area contributed by atoms with E-state index in [0.29, 0.717) is 32.5 Å². The molecule has 6 nitrogen and oxygen atoms in total. The third kappa shape index (κ3) is 3.68. The van der Waals surface area contributed by atoms with Gasteiger partial charge in [-0.25, -0.2) is 8.42 Å². The number of hydrogen-bond acceptors (Lipinski definition) is 5. The van der Waals surface area contributed by atoms with Gasteiger partial charge in [0.1, 0.15) is 5.75 Å². The van der Waals surface area contributed by atoms with Crippen LogP contribution in [0, 0.1) is 5.92 Å². The number of benzene rings is 2. The second-order valence-corrected chi connectivity index (χ2v) is 8.24. The van der Waals surface area contributed by atoms with Crippen LogP contribution >= 0.6 is 0 Å². The van der Waals surface area contributed by atoms with Gasteiger partial charge in [0.2, 0.25) is 10.0 Å². The maximum Gasteiger partial charge on any atom is 0.309 e. The molecule has 1 saturated heterocycles. The van der Waals surface area contributed by atoms with E-state index in [1.807, 2.05) is 18.2 Å². The minimum absolute atomic E-state index is 0.217. The number of ether oxygens (including phenoxy) is 2. The zero-order valence-corrected chi connectivity index (χ0v) is 15.8. The van der Waals surface area contributed by atoms with E-state index in [9.17, 15) is 13.2 Å². The van der Waals surface area contributed by atoms with Crippen molar-refractivity contribution < 1.29 is 22.7 Å². The minimum atomic E-state index is -3.58. The monoisotopic (exact) mass is 377 g/mol. The van der Waals surface area contributed by atoms with Crippen molar-refractivity contribution in [2.75, 3.05) is 26.8 Å². The van der Waals surface area contributed by atoms with Gasteiger partial charge in [-0.1, -0.05) is 12.1 Å². The van der Waals surface area contributed by atoms with Gasteiger partial charge in [0, 0.05) is 13.1 Å². The Morgan fingerprint density at radius 1 is 1.12 bits per heavy atom. The molecule has 0 spiro atoms. The molecule has 0 N–H and O–H groups in total. The van der Waals surface area contributed by atoms with Crippen molar-refractivity contribution in [1.82, 2.24) is 4.31 Å². The van der Waals surface area contributed by atoms with Crippen molar-refractivity contribution in [1.29, 1.82) is 0 Å². The van der Waals surface area contributed by atoms with Crippen LogP contribution < -0.4 is 4.74 Å². The molecule has 1 fully saturated rings. The Labute approximate surface area is 153 Å². The first-order valence-corrected chi connectivity index (χ1v) is 10.1. The summed E-state index contributed by atoms with van der Waals surface area (Å²) in [5.74, 6) is 0.281. The summed E-state index contributed by atoms with van der Waals surface area (Å²) in [6, 6.07) is 10.6. The van der Waals surface area contributed by atoms with E-state index in [2.05, 4.69) is 0 Å². The number of piperidine rings is 1. The predicted molar refractivity (Wildman–Crippen MR) is 98.6 cm³/mol. The highest BCUT2D eigenvalue weighted by Crippen LogP contribution is 2.28. The number of carbonyl (C=O) groups excluding carboxylic acids is 1. The number of nitrogens with zero attached hydrogens (tertiary/aromatic N) is 1. The summed E-state index contributed by atoms with van der Waals surface area (Å²) in [7, 11) is -1.98. The highest BCUT2D eigenvalue weighted by atomic mass is 32.2. The number of esters is 1. The van der Waals surface area contributed by atoms with E-state index in [1.165, 1.54) is 4.31 Å². The molecule has 3 rings (SSSR count). The lowest BCUT2D eigenvalue weighted by Gasteiger charge is -2.30. The highest BCUT2D eigenvalue weighted by Gasteiger charge is 2.32. The van der Waals surface area contributed by atoms with E-state index in [0.717, 1.165) is 16.5 Å². The van der Waals surface area contributed by atoms with Crippen molar-refractivity contribution >= 4 is 26.8 Å². The summed E-state index contributed by atoms with van der Waals surface area (Å²) in [4.78, 5) is 12.1. The number of carbonyl (C=O) groups is 1. The molecule has 26 heavy (non-hydrogen) atoms. The van der Waals surface area contributed by atoms with Gasteiger partial charge in [-0.3, -0.25) is 4.79 Å². The van der Waals surface area contributed by atoms with E-state index >= 15 is 0 Å². The van der Waals surface area contributed by atoms with Crippen LogP contribution in [0.4, 0.5) is 0 Å². The molecule has 0 atom stereocenters. The lowest BCUT2D eigenvalue weighted by molar-refractivity contribution is -0.149. The predicted octanol–water partition coefficient (Wildman–Crippen LogP) is 2.81. The standard InChI is InChI=1S/C19H23NO5S/c1-3-25-19(21)14-8-10-20(11-9-14)26(22,23)18-7-5-15-12-17(24-2)6-4-16(15)13-18/h4-7,12-14H,3,8-11H2,1-2H3. The highest BCUT2D eigenvalue weighted by molar-refractivity contribution is 7.89. The first-order chi connectivity index (χ1) is 12.5. The Kier molecular flexibility index (Phi) is 5.48. The topological polar surface area (TPSA) is 72.9 Å². The number of rotatable bonds is 5. The van der Waals surface area contributed by atoms with Crippen molar-refractivity contribution in [2.45, 2.75) is 24.7 Å². The zero-order chi connectivity index (χ0) is 18.7. The van der Waals surface area contributed by atoms with Gasteiger partial charge in [0.25, 0.3) is 0 Å². The second kappa shape index (κ2) is 7.63. The third-order valence-corrected chi connectivity index (χ3v) is 6.63. The van der Waals surface area contributed by atoms with Gasteiger partial charge in [0.15, 0.2) is 0 Å². The molecule has 0 aliphatic carbocycles. The third-order valence-electron chi connectivity index (χ3n) is 4.73. The minimum Gasteiger partial charge on any atom is -0.497 e. The zero-order valence-electron chi connectivity index (χ0n) is 15.0. The van der Waals surface area contributed by atoms with E-state index in [-0.39, 0.29) is 16.8 Å². The van der Waals surface area contributed by atoms with Crippen LogP contribution in [-0.4, -0.2) is 45.5 Å². The van der Waals surface area contributed by atoms with Crippen LogP contribution in [0.15, 0.2) is 41.3 Å². The Morgan fingerprint density at radius 2 is 1.77 bits per heavy atom. The molecular weight excluding hydrogens is 354 g/mol. The molecule has 0 bridgehead atoms. The van der Waals surface area contributed by atoms with Crippen LogP contribution in [0.1, 0.15) is 19.8 Å². The molecule has 0 aromatic heterocycles. The molecule has 0 radical (unpaired) electrons. The first-order valence-electron chi connectivity index (χ1n) is 8.70. The largest absolute Gasteiger partial charge is 0.497 e. The molecule has 0 saturated carbocycles. The quantitative estimate of drug-likeness (QED) is 0.749. The molecule has 1 aliphatic rings. The van der Waals surface area contributed by atoms with Crippen LogP contribution in [0.25, 0.3) is 10.8 Å². The van der Waals surface area contributed by atoms with Crippen LogP contribution in [0.3, 0.4) is 0 Å². The summed E-state index contributed by atoms with van der Waals surface area (Å²) >= 11 is 0. The van der Waals surface area contributed by atoms with Gasteiger partial charge >= 0.3 is 5.97 Å². The summed E-state index contributed by atoms with van der Waals surface area (Å²) < 4.78 is 37.6. The fraction of sp³-hybridized carbons (Fsp3) is 0.421. The maximum absolute atomic E-state index is 12.9. The van der Waals surface area contributed by atoms with Gasteiger partial charge in [-0.15, -0.1) is 0 Å². The summed E-state index contributed by atoms with van der Waals surface area (Å²) in [5, 5.41) is 1.76. The lowest BCUT2D eigenvalue weighted by atomic mass is 9.98. The van der Waals surface area contributed by atoms with Gasteiger partial charge < -0.3 is 9.47 Å². The van der Waals surface area contributed by atoms with Crippen molar-refractivity contribution in [3.63, 3.8) is 0 Å². The van der Waals surface area contributed by atoms with E-state index in [4.69, 9.17) is 9.47 Å². The number of methoxy groups -OCH3 is 1. The Hall–Kier alpha value is -2.12. The van der Waals surface area contributed by atoms with Crippen molar-refractivity contribution in [2.24, 2.45) is 5.92 Å². The molecule has 140 valence electrons. The van der Waals surface area contributed by atoms with Crippen molar-refractivity contribution in [3.05, 3.63) is 36.4 Å². The van der Waals surface area contributed by atoms with Gasteiger partial charge in [-0.2, -0.15) is 4.31 Å². The summed E-state index contributed by atoms with van der Waals surface area (Å²) in [6.07, 6.45) is 0.978. The van der Waals surface area contributed by atoms with Crippen LogP contribution in [-0.2, 0) is 19.6 Å². The Bertz CT molecular complexity index is 901.